The molecular weight excluding hydrogens is 392 g/mol. The lowest BCUT2D eigenvalue weighted by molar-refractivity contribution is 0.220. The third-order valence-corrected chi connectivity index (χ3v) is 5.60. The molecule has 2 nitrogen and oxygen atoms in total. The zero-order valence-electron chi connectivity index (χ0n) is 10.2. The molecule has 2 aromatic rings. The van der Waals surface area contributed by atoms with E-state index < -0.39 is 6.10 Å². The Balaban J connectivity index is 1.95. The number of aliphatic hydroxyl groups excluding tert-OH is 1. The van der Waals surface area contributed by atoms with Crippen LogP contribution < -0.4 is 4.74 Å². The van der Waals surface area contributed by atoms with Crippen LogP contribution in [0.15, 0.2) is 31.8 Å². The topological polar surface area (TPSA) is 29.5 Å². The van der Waals surface area contributed by atoms with E-state index in [0.717, 1.165) is 30.9 Å². The molecule has 1 aliphatic heterocycles. The van der Waals surface area contributed by atoms with E-state index in [-0.39, 0.29) is 6.10 Å². The lowest BCUT2D eigenvalue weighted by Gasteiger charge is -2.11. The van der Waals surface area contributed by atoms with Gasteiger partial charge in [0.05, 0.1) is 7.57 Å². The summed E-state index contributed by atoms with van der Waals surface area (Å²) < 4.78 is 7.64. The molecule has 0 saturated heterocycles. The first-order valence-electron chi connectivity index (χ1n) is 5.97. The maximum atomic E-state index is 10.5. The number of halogens is 2. The summed E-state index contributed by atoms with van der Waals surface area (Å²) in [5.74, 6) is 0.939. The second-order valence-corrected chi connectivity index (χ2v) is 8.43. The van der Waals surface area contributed by atoms with Gasteiger partial charge in [-0.15, -0.1) is 11.3 Å². The van der Waals surface area contributed by atoms with Crippen LogP contribution in [-0.4, -0.2) is 11.2 Å². The molecule has 2 heterocycles. The van der Waals surface area contributed by atoms with Gasteiger partial charge in [-0.25, -0.2) is 0 Å². The molecule has 1 aromatic carbocycles. The molecule has 0 fully saturated rings. The molecule has 2 unspecified atom stereocenters. The summed E-state index contributed by atoms with van der Waals surface area (Å²) in [5, 5.41) is 10.5. The maximum Gasteiger partial charge on any atom is 0.123 e. The van der Waals surface area contributed by atoms with Crippen LogP contribution in [0.1, 0.15) is 29.7 Å². The highest BCUT2D eigenvalue weighted by atomic mass is 79.9. The normalized spacial score (nSPS) is 19.1. The summed E-state index contributed by atoms with van der Waals surface area (Å²) in [6.45, 7) is 2.06. The first-order valence-corrected chi connectivity index (χ1v) is 8.37. The fourth-order valence-electron chi connectivity index (χ4n) is 2.33. The van der Waals surface area contributed by atoms with Gasteiger partial charge in [-0.3, -0.25) is 0 Å². The number of fused-ring (bicyclic) bond motifs is 1. The van der Waals surface area contributed by atoms with E-state index in [1.807, 2.05) is 24.3 Å². The molecule has 3 rings (SSSR count). The highest BCUT2D eigenvalue weighted by Crippen LogP contribution is 2.39. The molecule has 5 heteroatoms. The van der Waals surface area contributed by atoms with Gasteiger partial charge >= 0.3 is 0 Å². The van der Waals surface area contributed by atoms with Gasteiger partial charge in [0.2, 0.25) is 0 Å². The van der Waals surface area contributed by atoms with Crippen molar-refractivity contribution in [2.45, 2.75) is 25.6 Å². The zero-order chi connectivity index (χ0) is 13.6. The van der Waals surface area contributed by atoms with Crippen LogP contribution in [0.2, 0.25) is 0 Å². The van der Waals surface area contributed by atoms with Crippen molar-refractivity contribution in [1.29, 1.82) is 0 Å². The van der Waals surface area contributed by atoms with Crippen LogP contribution in [0.3, 0.4) is 0 Å². The number of rotatable bonds is 2. The third-order valence-electron chi connectivity index (χ3n) is 3.21. The van der Waals surface area contributed by atoms with Gasteiger partial charge in [0.1, 0.15) is 18.0 Å². The Morgan fingerprint density at radius 1 is 1.37 bits per heavy atom. The molecule has 0 bridgehead atoms. The van der Waals surface area contributed by atoms with Crippen LogP contribution in [-0.2, 0) is 6.42 Å². The molecular formula is C14H12Br2O2S. The molecule has 0 aliphatic carbocycles. The Bertz CT molecular complexity index is 624. The molecule has 1 aliphatic rings. The minimum atomic E-state index is -0.613. The van der Waals surface area contributed by atoms with Gasteiger partial charge in [-0.1, -0.05) is 6.07 Å². The van der Waals surface area contributed by atoms with Gasteiger partial charge in [-0.2, -0.15) is 0 Å². The van der Waals surface area contributed by atoms with Crippen molar-refractivity contribution in [2.24, 2.45) is 0 Å². The van der Waals surface area contributed by atoms with Crippen LogP contribution in [0, 0.1) is 0 Å². The van der Waals surface area contributed by atoms with Gasteiger partial charge in [0.15, 0.2) is 0 Å². The highest BCUT2D eigenvalue weighted by molar-refractivity contribution is 9.12. The largest absolute Gasteiger partial charge is 0.490 e. The first-order chi connectivity index (χ1) is 9.04. The predicted octanol–water partition coefficient (Wildman–Crippen LogP) is 4.68. The standard InChI is InChI=1S/C14H12Br2O2S/c1-7-4-9-5-8(2-3-11(9)18-7)13(17)10-6-12(15)19-14(10)16/h2-3,5-7,13,17H,4H2,1H3. The highest BCUT2D eigenvalue weighted by Gasteiger charge is 2.22. The smallest absolute Gasteiger partial charge is 0.123 e. The van der Waals surface area contributed by atoms with Gasteiger partial charge < -0.3 is 9.84 Å². The third kappa shape index (κ3) is 2.61. The molecule has 0 radical (unpaired) electrons. The Hall–Kier alpha value is -0.360. The molecule has 0 amide bonds. The number of ether oxygens (including phenoxy) is 1. The van der Waals surface area contributed by atoms with Gasteiger partial charge in [-0.05, 0) is 68.1 Å². The monoisotopic (exact) mass is 402 g/mol. The number of aliphatic hydroxyl groups is 1. The fraction of sp³-hybridized carbons (Fsp3) is 0.286. The Labute approximate surface area is 132 Å². The van der Waals surface area contributed by atoms with Crippen LogP contribution in [0.25, 0.3) is 0 Å². The van der Waals surface area contributed by atoms with Crippen molar-refractivity contribution in [3.63, 3.8) is 0 Å². The summed E-state index contributed by atoms with van der Waals surface area (Å²) in [6.07, 6.45) is 0.521. The number of hydrogen-bond acceptors (Lipinski definition) is 3. The van der Waals surface area contributed by atoms with Crippen LogP contribution >= 0.6 is 43.2 Å². The van der Waals surface area contributed by atoms with Gasteiger partial charge in [0.25, 0.3) is 0 Å². The average molecular weight is 404 g/mol. The van der Waals surface area contributed by atoms with Crippen molar-refractivity contribution in [3.8, 4) is 5.75 Å². The molecule has 1 N–H and O–H groups in total. The summed E-state index contributed by atoms with van der Waals surface area (Å²) in [5.41, 5.74) is 2.97. The van der Waals surface area contributed by atoms with Crippen molar-refractivity contribution >= 4 is 43.2 Å². The Morgan fingerprint density at radius 3 is 2.84 bits per heavy atom. The predicted molar refractivity (Wildman–Crippen MR) is 84.0 cm³/mol. The molecule has 1 aromatic heterocycles. The van der Waals surface area contributed by atoms with Crippen LogP contribution in [0.4, 0.5) is 0 Å². The first kappa shape index (κ1) is 13.6. The summed E-state index contributed by atoms with van der Waals surface area (Å²) >= 11 is 8.50. The van der Waals surface area contributed by atoms with E-state index in [1.54, 1.807) is 11.3 Å². The molecule has 2 atom stereocenters. The number of hydrogen-bond donors (Lipinski definition) is 1. The van der Waals surface area contributed by atoms with Gasteiger partial charge in [0, 0.05) is 12.0 Å². The Kier molecular flexibility index (Phi) is 3.73. The molecule has 100 valence electrons. The zero-order valence-corrected chi connectivity index (χ0v) is 14.2. The van der Waals surface area contributed by atoms with E-state index in [0.29, 0.717) is 0 Å². The van der Waals surface area contributed by atoms with Crippen molar-refractivity contribution < 1.29 is 9.84 Å². The average Bonchev–Trinajstić information content (AvgIpc) is 2.88. The SMILES string of the molecule is CC1Cc2cc(C(O)c3cc(Br)sc3Br)ccc2O1. The fourth-order valence-corrected chi connectivity index (χ4v) is 5.21. The lowest BCUT2D eigenvalue weighted by atomic mass is 10.0. The minimum Gasteiger partial charge on any atom is -0.490 e. The quantitative estimate of drug-likeness (QED) is 0.788. The van der Waals surface area contributed by atoms with E-state index in [9.17, 15) is 5.11 Å². The van der Waals surface area contributed by atoms with E-state index >= 15 is 0 Å². The van der Waals surface area contributed by atoms with Crippen molar-refractivity contribution in [1.82, 2.24) is 0 Å². The number of thiophene rings is 1. The van der Waals surface area contributed by atoms with E-state index in [1.165, 1.54) is 5.56 Å². The van der Waals surface area contributed by atoms with Crippen molar-refractivity contribution in [2.75, 3.05) is 0 Å². The summed E-state index contributed by atoms with van der Waals surface area (Å²) in [7, 11) is 0. The Morgan fingerprint density at radius 2 is 2.16 bits per heavy atom. The second kappa shape index (κ2) is 5.20. The van der Waals surface area contributed by atoms with E-state index in [2.05, 4.69) is 38.8 Å². The summed E-state index contributed by atoms with van der Waals surface area (Å²) in [4.78, 5) is 0. The molecule has 19 heavy (non-hydrogen) atoms. The summed E-state index contributed by atoms with van der Waals surface area (Å²) in [6, 6.07) is 7.87. The van der Waals surface area contributed by atoms with E-state index in [4.69, 9.17) is 4.74 Å². The number of benzene rings is 1. The van der Waals surface area contributed by atoms with Crippen molar-refractivity contribution in [3.05, 3.63) is 48.5 Å². The van der Waals surface area contributed by atoms with Crippen LogP contribution in [0.5, 0.6) is 5.75 Å². The molecule has 0 spiro atoms. The lowest BCUT2D eigenvalue weighted by Crippen LogP contribution is -2.05. The minimum absolute atomic E-state index is 0.226. The molecule has 0 saturated carbocycles. The maximum absolute atomic E-state index is 10.5. The second-order valence-electron chi connectivity index (χ2n) is 4.68.